The number of aryl methyl sites for hydroxylation is 1. The van der Waals surface area contributed by atoms with Crippen molar-refractivity contribution in [2.75, 3.05) is 11.9 Å². The minimum Gasteiger partial charge on any atom is -0.481 e. The van der Waals surface area contributed by atoms with E-state index in [0.717, 1.165) is 0 Å². The van der Waals surface area contributed by atoms with Crippen molar-refractivity contribution in [2.45, 2.75) is 45.7 Å². The fourth-order valence-corrected chi connectivity index (χ4v) is 5.46. The number of aromatic nitrogens is 5. The monoisotopic (exact) mass is 585 g/mol. The number of H-pyrrole nitrogens is 1. The van der Waals surface area contributed by atoms with E-state index >= 15 is 8.78 Å². The van der Waals surface area contributed by atoms with Crippen LogP contribution < -0.4 is 5.32 Å². The van der Waals surface area contributed by atoms with E-state index in [2.05, 4.69) is 30.5 Å². The quantitative estimate of drug-likeness (QED) is 0.241. The van der Waals surface area contributed by atoms with Gasteiger partial charge in [-0.1, -0.05) is 23.7 Å². The first-order valence-electron chi connectivity index (χ1n) is 12.9. The molecule has 0 bridgehead atoms. The highest BCUT2D eigenvalue weighted by atomic mass is 35.5. The van der Waals surface area contributed by atoms with Crippen LogP contribution in [0.1, 0.15) is 36.7 Å². The van der Waals surface area contributed by atoms with Crippen molar-refractivity contribution in [3.8, 4) is 11.4 Å². The van der Waals surface area contributed by atoms with Crippen LogP contribution in [0.2, 0.25) is 5.02 Å². The third kappa shape index (κ3) is 5.75. The maximum atomic E-state index is 16.0. The van der Waals surface area contributed by atoms with Crippen LogP contribution >= 0.6 is 11.6 Å². The summed E-state index contributed by atoms with van der Waals surface area (Å²) < 4.78 is 46.2. The molecule has 13 heteroatoms. The van der Waals surface area contributed by atoms with Gasteiger partial charge in [0, 0.05) is 48.7 Å². The molecule has 0 unspecified atom stereocenters. The van der Waals surface area contributed by atoms with Crippen molar-refractivity contribution >= 4 is 29.2 Å². The zero-order chi connectivity index (χ0) is 29.3. The summed E-state index contributed by atoms with van der Waals surface area (Å²) in [7, 11) is 0. The third-order valence-electron chi connectivity index (χ3n) is 7.44. The van der Waals surface area contributed by atoms with Gasteiger partial charge in [-0.3, -0.25) is 14.8 Å². The van der Waals surface area contributed by atoms with Gasteiger partial charge < -0.3 is 10.4 Å². The van der Waals surface area contributed by atoms with E-state index in [4.69, 9.17) is 11.6 Å². The minimum atomic E-state index is -1.41. The van der Waals surface area contributed by atoms with E-state index in [0.29, 0.717) is 17.8 Å². The summed E-state index contributed by atoms with van der Waals surface area (Å²) in [6.07, 6.45) is 2.65. The van der Waals surface area contributed by atoms with Gasteiger partial charge in [0.05, 0.1) is 21.7 Å². The number of nitrogens with one attached hydrogen (secondary N) is 2. The highest BCUT2D eigenvalue weighted by Crippen LogP contribution is 2.41. The number of nitrogens with zero attached hydrogens (tertiary/aromatic N) is 5. The fraction of sp³-hybridized carbons (Fsp3) is 0.321. The second-order valence-electron chi connectivity index (χ2n) is 10.3. The zero-order valence-electron chi connectivity index (χ0n) is 22.3. The summed E-state index contributed by atoms with van der Waals surface area (Å²) in [5.41, 5.74) is -1.08. The Morgan fingerprint density at radius 1 is 1.20 bits per heavy atom. The van der Waals surface area contributed by atoms with E-state index in [9.17, 15) is 14.3 Å². The first kappa shape index (κ1) is 28.5. The molecule has 3 N–H and O–H groups in total. The lowest BCUT2D eigenvalue weighted by molar-refractivity contribution is -0.153. The number of hydrogen-bond acceptors (Lipinski definition) is 7. The molecule has 3 aromatic heterocycles. The van der Waals surface area contributed by atoms with Gasteiger partial charge in [0.25, 0.3) is 0 Å². The van der Waals surface area contributed by atoms with Crippen LogP contribution in [-0.2, 0) is 17.8 Å². The summed E-state index contributed by atoms with van der Waals surface area (Å²) in [5.74, 6) is -4.01. The Morgan fingerprint density at radius 2 is 1.95 bits per heavy atom. The van der Waals surface area contributed by atoms with Crippen LogP contribution in [0.3, 0.4) is 0 Å². The van der Waals surface area contributed by atoms with Crippen molar-refractivity contribution < 1.29 is 23.1 Å². The second kappa shape index (κ2) is 11.5. The predicted molar refractivity (Wildman–Crippen MR) is 146 cm³/mol. The fourth-order valence-electron chi connectivity index (χ4n) is 5.27. The van der Waals surface area contributed by atoms with Crippen LogP contribution in [0, 0.1) is 29.8 Å². The van der Waals surface area contributed by atoms with Crippen LogP contribution in [0.5, 0.6) is 0 Å². The van der Waals surface area contributed by atoms with Gasteiger partial charge in [0.15, 0.2) is 29.1 Å². The molecule has 41 heavy (non-hydrogen) atoms. The average Bonchev–Trinajstić information content (AvgIpc) is 3.36. The largest absolute Gasteiger partial charge is 0.481 e. The molecule has 0 amide bonds. The summed E-state index contributed by atoms with van der Waals surface area (Å²) in [6.45, 7) is 4.13. The molecule has 1 aromatic carbocycles. The predicted octanol–water partition coefficient (Wildman–Crippen LogP) is 5.68. The highest BCUT2D eigenvalue weighted by molar-refractivity contribution is 6.30. The van der Waals surface area contributed by atoms with Crippen molar-refractivity contribution in [2.24, 2.45) is 5.41 Å². The molecule has 9 nitrogen and oxygen atoms in total. The number of hydrogen-bond donors (Lipinski definition) is 3. The van der Waals surface area contributed by atoms with E-state index in [1.54, 1.807) is 25.1 Å². The molecule has 0 spiro atoms. The van der Waals surface area contributed by atoms with Gasteiger partial charge >= 0.3 is 5.97 Å². The summed E-state index contributed by atoms with van der Waals surface area (Å²) >= 11 is 5.93. The molecule has 5 rings (SSSR count). The van der Waals surface area contributed by atoms with Crippen LogP contribution in [0.25, 0.3) is 11.4 Å². The van der Waals surface area contributed by atoms with Gasteiger partial charge in [0.1, 0.15) is 5.82 Å². The number of anilines is 2. The molecule has 0 saturated carbocycles. The highest BCUT2D eigenvalue weighted by Gasteiger charge is 2.46. The maximum Gasteiger partial charge on any atom is 0.310 e. The first-order chi connectivity index (χ1) is 19.6. The zero-order valence-corrected chi connectivity index (χ0v) is 23.0. The first-order valence-corrected chi connectivity index (χ1v) is 13.3. The van der Waals surface area contributed by atoms with E-state index < -0.39 is 34.4 Å². The summed E-state index contributed by atoms with van der Waals surface area (Å²) in [4.78, 5) is 26.9. The molecule has 2 atom stereocenters. The Morgan fingerprint density at radius 3 is 2.61 bits per heavy atom. The molecule has 1 aliphatic rings. The minimum absolute atomic E-state index is 0.0116. The number of rotatable bonds is 8. The van der Waals surface area contributed by atoms with Crippen molar-refractivity contribution in [1.82, 2.24) is 30.0 Å². The summed E-state index contributed by atoms with van der Waals surface area (Å²) in [5, 5.41) is 19.9. The van der Waals surface area contributed by atoms with E-state index in [-0.39, 0.29) is 60.0 Å². The molecule has 1 fully saturated rings. The van der Waals surface area contributed by atoms with Crippen molar-refractivity contribution in [3.05, 3.63) is 82.2 Å². The number of halogens is 4. The Balaban J connectivity index is 1.49. The molecule has 4 heterocycles. The maximum absolute atomic E-state index is 16.0. The molecule has 0 radical (unpaired) electrons. The number of pyridine rings is 1. The lowest BCUT2D eigenvalue weighted by Crippen LogP contribution is -2.50. The van der Waals surface area contributed by atoms with Crippen LogP contribution in [0.4, 0.5) is 24.8 Å². The standard InChI is InChI=1S/C28H27ClF3N7O2/c1-15-11-20(38-37-15)36-26-24(32)21(25-33-8-4-9-34-25)23(31)19(35-26)13-28(27(40)41)7-10-39(16(2)12-28)14-17-5-3-6-18(29)22(17)30/h3-6,8-9,11,16H,7,10,12-14H2,1-2H3,(H,40,41)(H2,35,36,37,38)/t16-,28-/m1/s1. The third-order valence-corrected chi connectivity index (χ3v) is 7.73. The SMILES string of the molecule is Cc1cc(Nc2nc(C[C@@]3(C(=O)O)CCN(Cc4cccc(Cl)c4F)[C@H](C)C3)c(F)c(-c3ncccn3)c2F)n[nH]1. The smallest absolute Gasteiger partial charge is 0.310 e. The normalized spacial score (nSPS) is 19.3. The molecule has 4 aromatic rings. The number of carboxylic acids is 1. The number of aliphatic carboxylic acids is 1. The molecule has 1 saturated heterocycles. The lowest BCUT2D eigenvalue weighted by Gasteiger charge is -2.43. The van der Waals surface area contributed by atoms with Gasteiger partial charge in [-0.15, -0.1) is 0 Å². The van der Waals surface area contributed by atoms with Crippen molar-refractivity contribution in [1.29, 1.82) is 0 Å². The molecule has 214 valence electrons. The lowest BCUT2D eigenvalue weighted by atomic mass is 9.72. The number of benzene rings is 1. The van der Waals surface area contributed by atoms with Gasteiger partial charge in [-0.2, -0.15) is 5.10 Å². The van der Waals surface area contributed by atoms with Gasteiger partial charge in [-0.25, -0.2) is 28.1 Å². The van der Waals surface area contributed by atoms with Gasteiger partial charge in [-0.05, 0) is 45.4 Å². The number of likely N-dealkylation sites (tertiary alicyclic amines) is 1. The van der Waals surface area contributed by atoms with Crippen LogP contribution in [0.15, 0.2) is 42.7 Å². The summed E-state index contributed by atoms with van der Waals surface area (Å²) in [6, 6.07) is 7.57. The molecular formula is C28H27ClF3N7O2. The molecular weight excluding hydrogens is 559 g/mol. The van der Waals surface area contributed by atoms with Crippen LogP contribution in [-0.4, -0.2) is 53.7 Å². The van der Waals surface area contributed by atoms with Gasteiger partial charge in [0.2, 0.25) is 0 Å². The van der Waals surface area contributed by atoms with E-state index in [1.165, 1.54) is 24.5 Å². The Kier molecular flexibility index (Phi) is 7.96. The van der Waals surface area contributed by atoms with E-state index in [1.807, 2.05) is 11.8 Å². The second-order valence-corrected chi connectivity index (χ2v) is 10.7. The van der Waals surface area contributed by atoms with Crippen molar-refractivity contribution in [3.63, 3.8) is 0 Å². The Hall–Kier alpha value is -4.03. The Bertz CT molecular complexity index is 1590. The number of carbonyl (C=O) groups is 1. The average molecular weight is 586 g/mol. The number of aromatic amines is 1. The number of carboxylic acid groups (broad SMARTS) is 1. The molecule has 0 aliphatic carbocycles. The number of piperidine rings is 1. The Labute approximate surface area is 238 Å². The molecule has 1 aliphatic heterocycles. The topological polar surface area (TPSA) is 120 Å².